The Bertz CT molecular complexity index is 375. The van der Waals surface area contributed by atoms with E-state index in [-0.39, 0.29) is 5.75 Å². The van der Waals surface area contributed by atoms with Crippen molar-refractivity contribution in [3.8, 4) is 0 Å². The Morgan fingerprint density at radius 1 is 1.38 bits per heavy atom. The van der Waals surface area contributed by atoms with Crippen LogP contribution in [0.3, 0.4) is 0 Å². The number of nitrogens with two attached hydrogens (primary N) is 1. The number of hydrogen-bond acceptors (Lipinski definition) is 4. The fraction of sp³-hybridized carbons (Fsp3) is 0.333. The van der Waals surface area contributed by atoms with Crippen molar-refractivity contribution < 1.29 is 8.42 Å². The van der Waals surface area contributed by atoms with Crippen molar-refractivity contribution in [3.63, 3.8) is 0 Å². The minimum absolute atomic E-state index is 0.108. The number of hydrogen-bond donors (Lipinski definition) is 1. The topological polar surface area (TPSA) is 85.9 Å². The highest BCUT2D eigenvalue weighted by Crippen LogP contribution is 2.03. The molecule has 5 nitrogen and oxygen atoms in total. The summed E-state index contributed by atoms with van der Waals surface area (Å²) in [5.41, 5.74) is 0.609. The summed E-state index contributed by atoms with van der Waals surface area (Å²) < 4.78 is 21.8. The van der Waals surface area contributed by atoms with Gasteiger partial charge < -0.3 is 0 Å². The maximum atomic E-state index is 10.6. The molecule has 0 atom stereocenters. The lowest BCUT2D eigenvalue weighted by atomic mass is 10.4. The maximum absolute atomic E-state index is 10.6. The SMILES string of the molecule is NS(=O)(=O)CCc1cnc(Br)cn1. The largest absolute Gasteiger partial charge is 0.257 e. The monoisotopic (exact) mass is 265 g/mol. The Morgan fingerprint density at radius 3 is 2.54 bits per heavy atom. The Kier molecular flexibility index (Phi) is 3.34. The molecule has 0 saturated carbocycles. The van der Waals surface area contributed by atoms with E-state index in [2.05, 4.69) is 25.9 Å². The summed E-state index contributed by atoms with van der Waals surface area (Å²) >= 11 is 3.12. The van der Waals surface area contributed by atoms with Crippen LogP contribution in [0.25, 0.3) is 0 Å². The van der Waals surface area contributed by atoms with Crippen LogP contribution in [0.2, 0.25) is 0 Å². The summed E-state index contributed by atoms with van der Waals surface area (Å²) in [5.74, 6) is -0.108. The lowest BCUT2D eigenvalue weighted by Gasteiger charge is -1.97. The Balaban J connectivity index is 2.61. The predicted octanol–water partition coefficient (Wildman–Crippen LogP) is 0.0701. The summed E-state index contributed by atoms with van der Waals surface area (Å²) in [7, 11) is -3.41. The maximum Gasteiger partial charge on any atom is 0.209 e. The minimum Gasteiger partial charge on any atom is -0.257 e. The molecule has 1 rings (SSSR count). The van der Waals surface area contributed by atoms with Crippen molar-refractivity contribution in [2.75, 3.05) is 5.75 Å². The van der Waals surface area contributed by atoms with Gasteiger partial charge in [-0.3, -0.25) is 4.98 Å². The van der Waals surface area contributed by atoms with Gasteiger partial charge in [-0.05, 0) is 15.9 Å². The summed E-state index contributed by atoms with van der Waals surface area (Å²) in [5, 5.41) is 4.83. The average molecular weight is 266 g/mol. The van der Waals surface area contributed by atoms with Crippen LogP contribution in [0, 0.1) is 0 Å². The van der Waals surface area contributed by atoms with E-state index in [1.165, 1.54) is 12.4 Å². The molecule has 0 spiro atoms. The molecule has 13 heavy (non-hydrogen) atoms. The second kappa shape index (κ2) is 4.12. The summed E-state index contributed by atoms with van der Waals surface area (Å²) in [6.07, 6.45) is 3.31. The molecule has 2 N–H and O–H groups in total. The third-order valence-corrected chi connectivity index (χ3v) is 2.50. The number of halogens is 1. The highest BCUT2D eigenvalue weighted by Gasteiger charge is 2.04. The zero-order chi connectivity index (χ0) is 9.90. The Labute approximate surface area is 84.6 Å². The molecule has 1 aromatic rings. The normalized spacial score (nSPS) is 11.5. The van der Waals surface area contributed by atoms with E-state index in [4.69, 9.17) is 5.14 Å². The summed E-state index contributed by atoms with van der Waals surface area (Å²) in [4.78, 5) is 7.85. The van der Waals surface area contributed by atoms with Gasteiger partial charge in [0.25, 0.3) is 0 Å². The molecular formula is C6H8BrN3O2S. The molecule has 0 aliphatic rings. The van der Waals surface area contributed by atoms with Crippen LogP contribution in [-0.2, 0) is 16.4 Å². The van der Waals surface area contributed by atoms with E-state index in [1.807, 2.05) is 0 Å². The molecule has 72 valence electrons. The van der Waals surface area contributed by atoms with Crippen LogP contribution in [0.4, 0.5) is 0 Å². The Hall–Kier alpha value is -0.530. The molecule has 0 amide bonds. The Morgan fingerprint density at radius 2 is 2.08 bits per heavy atom. The highest BCUT2D eigenvalue weighted by molar-refractivity contribution is 9.10. The van der Waals surface area contributed by atoms with Crippen molar-refractivity contribution >= 4 is 26.0 Å². The van der Waals surface area contributed by atoms with Crippen LogP contribution in [0.15, 0.2) is 17.0 Å². The van der Waals surface area contributed by atoms with Gasteiger partial charge in [-0.1, -0.05) is 0 Å². The molecule has 0 radical (unpaired) electrons. The van der Waals surface area contributed by atoms with Gasteiger partial charge in [-0.2, -0.15) is 0 Å². The smallest absolute Gasteiger partial charge is 0.209 e. The van der Waals surface area contributed by atoms with Gasteiger partial charge in [0.1, 0.15) is 4.60 Å². The molecule has 0 aromatic carbocycles. The first kappa shape index (κ1) is 10.6. The third-order valence-electron chi connectivity index (χ3n) is 1.32. The van der Waals surface area contributed by atoms with Gasteiger partial charge in [0.2, 0.25) is 10.0 Å². The van der Waals surface area contributed by atoms with Gasteiger partial charge >= 0.3 is 0 Å². The van der Waals surface area contributed by atoms with E-state index >= 15 is 0 Å². The minimum atomic E-state index is -3.41. The van der Waals surface area contributed by atoms with E-state index in [0.29, 0.717) is 16.7 Å². The van der Waals surface area contributed by atoms with Crippen molar-refractivity contribution in [2.45, 2.75) is 6.42 Å². The van der Waals surface area contributed by atoms with Gasteiger partial charge in [0, 0.05) is 12.6 Å². The number of aryl methyl sites for hydroxylation is 1. The van der Waals surface area contributed by atoms with Crippen LogP contribution in [0.1, 0.15) is 5.69 Å². The van der Waals surface area contributed by atoms with Gasteiger partial charge in [-0.15, -0.1) is 0 Å². The van der Waals surface area contributed by atoms with E-state index in [9.17, 15) is 8.42 Å². The van der Waals surface area contributed by atoms with E-state index in [1.54, 1.807) is 0 Å². The molecular weight excluding hydrogens is 258 g/mol. The first-order chi connectivity index (χ1) is 5.97. The lowest BCUT2D eigenvalue weighted by Crippen LogP contribution is -2.18. The van der Waals surface area contributed by atoms with Crippen LogP contribution < -0.4 is 5.14 Å². The second-order valence-corrected chi connectivity index (χ2v) is 4.99. The first-order valence-corrected chi connectivity index (χ1v) is 5.95. The van der Waals surface area contributed by atoms with Crippen LogP contribution >= 0.6 is 15.9 Å². The lowest BCUT2D eigenvalue weighted by molar-refractivity contribution is 0.596. The van der Waals surface area contributed by atoms with E-state index in [0.717, 1.165) is 0 Å². The van der Waals surface area contributed by atoms with Gasteiger partial charge in [0.05, 0.1) is 17.6 Å². The van der Waals surface area contributed by atoms with Crippen molar-refractivity contribution in [1.29, 1.82) is 0 Å². The van der Waals surface area contributed by atoms with Crippen LogP contribution in [0.5, 0.6) is 0 Å². The molecule has 1 aromatic heterocycles. The number of primary sulfonamides is 1. The fourth-order valence-corrected chi connectivity index (χ4v) is 1.41. The molecule has 0 fully saturated rings. The zero-order valence-electron chi connectivity index (χ0n) is 6.64. The number of sulfonamides is 1. The predicted molar refractivity (Wildman–Crippen MR) is 51.4 cm³/mol. The first-order valence-electron chi connectivity index (χ1n) is 3.44. The molecule has 0 aliphatic heterocycles. The van der Waals surface area contributed by atoms with Crippen molar-refractivity contribution in [2.24, 2.45) is 5.14 Å². The van der Waals surface area contributed by atoms with Crippen molar-refractivity contribution in [3.05, 3.63) is 22.7 Å². The average Bonchev–Trinajstić information content (AvgIpc) is 2.02. The summed E-state index contributed by atoms with van der Waals surface area (Å²) in [6.45, 7) is 0. The van der Waals surface area contributed by atoms with Gasteiger partial charge in [-0.25, -0.2) is 18.5 Å². The number of nitrogens with zero attached hydrogens (tertiary/aromatic N) is 2. The second-order valence-electron chi connectivity index (χ2n) is 2.45. The molecule has 1 heterocycles. The molecule has 0 saturated heterocycles. The van der Waals surface area contributed by atoms with Crippen LogP contribution in [-0.4, -0.2) is 24.1 Å². The molecule has 7 heteroatoms. The number of aromatic nitrogens is 2. The standard InChI is InChI=1S/C6H8BrN3O2S/c7-6-4-9-5(3-10-6)1-2-13(8,11)12/h3-4H,1-2H2,(H2,8,11,12). The van der Waals surface area contributed by atoms with Crippen molar-refractivity contribution in [1.82, 2.24) is 9.97 Å². The molecule has 0 aliphatic carbocycles. The molecule has 0 unspecified atom stereocenters. The molecule has 0 bridgehead atoms. The number of rotatable bonds is 3. The highest BCUT2D eigenvalue weighted by atomic mass is 79.9. The van der Waals surface area contributed by atoms with E-state index < -0.39 is 10.0 Å². The fourth-order valence-electron chi connectivity index (χ4n) is 0.715. The summed E-state index contributed by atoms with van der Waals surface area (Å²) in [6, 6.07) is 0. The third kappa shape index (κ3) is 4.30. The zero-order valence-corrected chi connectivity index (χ0v) is 9.05. The van der Waals surface area contributed by atoms with Gasteiger partial charge in [0.15, 0.2) is 0 Å². The quantitative estimate of drug-likeness (QED) is 0.838.